The van der Waals surface area contributed by atoms with Crippen LogP contribution in [-0.2, 0) is 12.8 Å². The van der Waals surface area contributed by atoms with Crippen molar-refractivity contribution in [1.29, 1.82) is 0 Å². The van der Waals surface area contributed by atoms with E-state index in [0.717, 1.165) is 12.0 Å². The topological polar surface area (TPSA) is 83.5 Å². The van der Waals surface area contributed by atoms with E-state index in [4.69, 9.17) is 4.63 Å². The largest absolute Gasteiger partial charge is 0.290 e. The number of rotatable bonds is 5. The number of hydrogen-bond donors (Lipinski definition) is 2. The van der Waals surface area contributed by atoms with Crippen LogP contribution in [0.5, 0.6) is 0 Å². The fourth-order valence-electron chi connectivity index (χ4n) is 2.27. The van der Waals surface area contributed by atoms with Gasteiger partial charge < -0.3 is 0 Å². The fraction of sp³-hybridized carbons (Fsp3) is 0.118. The molecular formula is C17H14BrFN4O2. The predicted molar refractivity (Wildman–Crippen MR) is 93.4 cm³/mol. The second-order valence-electron chi connectivity index (χ2n) is 5.22. The maximum absolute atomic E-state index is 13.3. The van der Waals surface area contributed by atoms with Crippen molar-refractivity contribution in [3.63, 3.8) is 0 Å². The molecule has 0 aliphatic carbocycles. The first-order valence-electron chi connectivity index (χ1n) is 7.47. The predicted octanol–water partition coefficient (Wildman–Crippen LogP) is 3.81. The number of nitrogens with zero attached hydrogens (tertiary/aromatic N) is 3. The Labute approximate surface area is 151 Å². The lowest BCUT2D eigenvalue weighted by molar-refractivity contribution is 0.234. The molecule has 3 aromatic rings. The molecule has 0 atom stereocenters. The van der Waals surface area contributed by atoms with Crippen LogP contribution in [0.25, 0.3) is 0 Å². The van der Waals surface area contributed by atoms with E-state index in [-0.39, 0.29) is 10.3 Å². The summed E-state index contributed by atoms with van der Waals surface area (Å²) in [5.41, 5.74) is 4.45. The van der Waals surface area contributed by atoms with Gasteiger partial charge in [-0.1, -0.05) is 35.5 Å². The van der Waals surface area contributed by atoms with E-state index in [1.165, 1.54) is 18.2 Å². The number of hydroxylamine groups is 1. The van der Waals surface area contributed by atoms with Gasteiger partial charge in [-0.25, -0.2) is 14.0 Å². The highest BCUT2D eigenvalue weighted by molar-refractivity contribution is 9.10. The molecule has 8 heteroatoms. The van der Waals surface area contributed by atoms with E-state index >= 15 is 0 Å². The maximum atomic E-state index is 13.3. The molecule has 2 aromatic carbocycles. The molecule has 0 saturated carbocycles. The van der Waals surface area contributed by atoms with Crippen LogP contribution in [0.2, 0.25) is 0 Å². The van der Waals surface area contributed by atoms with Crippen molar-refractivity contribution >= 4 is 27.5 Å². The number of halogens is 2. The minimum atomic E-state index is -0.399. The Kier molecular flexibility index (Phi) is 5.52. The summed E-state index contributed by atoms with van der Waals surface area (Å²) in [5.74, 6) is -0.327. The lowest BCUT2D eigenvalue weighted by Crippen LogP contribution is -2.22. The fourth-order valence-corrected chi connectivity index (χ4v) is 2.64. The quantitative estimate of drug-likeness (QED) is 0.383. The Hall–Kier alpha value is -2.58. The van der Waals surface area contributed by atoms with Crippen molar-refractivity contribution in [2.45, 2.75) is 12.8 Å². The minimum Gasteiger partial charge on any atom is -0.290 e. The number of hydrogen-bond acceptors (Lipinski definition) is 5. The SMILES string of the molecule is ONC(=Nc1ccc(F)c(Br)c1)c1nonc1CCc1ccccc1. The Balaban J connectivity index is 1.83. The molecule has 128 valence electrons. The van der Waals surface area contributed by atoms with E-state index in [1.807, 2.05) is 35.8 Å². The first-order valence-corrected chi connectivity index (χ1v) is 8.26. The lowest BCUT2D eigenvalue weighted by atomic mass is 10.1. The monoisotopic (exact) mass is 404 g/mol. The van der Waals surface area contributed by atoms with Gasteiger partial charge in [-0.15, -0.1) is 0 Å². The van der Waals surface area contributed by atoms with Crippen LogP contribution in [0.1, 0.15) is 17.0 Å². The average Bonchev–Trinajstić information content (AvgIpc) is 3.10. The molecule has 0 spiro atoms. The number of nitrogens with one attached hydrogen (secondary N) is 1. The molecule has 0 aliphatic heterocycles. The highest BCUT2D eigenvalue weighted by Gasteiger charge is 2.16. The van der Waals surface area contributed by atoms with Crippen molar-refractivity contribution in [2.75, 3.05) is 0 Å². The Morgan fingerprint density at radius 3 is 2.68 bits per heavy atom. The van der Waals surface area contributed by atoms with Crippen LogP contribution in [0.4, 0.5) is 10.1 Å². The number of amidine groups is 1. The molecule has 2 N–H and O–H groups in total. The molecule has 0 amide bonds. The Morgan fingerprint density at radius 1 is 1.16 bits per heavy atom. The van der Waals surface area contributed by atoms with E-state index < -0.39 is 5.82 Å². The molecule has 0 aliphatic rings. The van der Waals surface area contributed by atoms with E-state index in [9.17, 15) is 9.60 Å². The first-order chi connectivity index (χ1) is 12.2. The zero-order valence-corrected chi connectivity index (χ0v) is 14.6. The van der Waals surface area contributed by atoms with Crippen molar-refractivity contribution in [3.8, 4) is 0 Å². The average molecular weight is 405 g/mol. The van der Waals surface area contributed by atoms with Gasteiger partial charge in [0.05, 0.1) is 10.2 Å². The summed E-state index contributed by atoms with van der Waals surface area (Å²) in [7, 11) is 0. The summed E-state index contributed by atoms with van der Waals surface area (Å²) in [6, 6.07) is 14.2. The van der Waals surface area contributed by atoms with Crippen LogP contribution in [0.3, 0.4) is 0 Å². The van der Waals surface area contributed by atoms with E-state index in [2.05, 4.69) is 31.2 Å². The highest BCUT2D eigenvalue weighted by atomic mass is 79.9. The number of aliphatic imine (C=N–C) groups is 1. The van der Waals surface area contributed by atoms with E-state index in [1.54, 1.807) is 0 Å². The number of aromatic nitrogens is 2. The lowest BCUT2D eigenvalue weighted by Gasteiger charge is -2.04. The van der Waals surface area contributed by atoms with Gasteiger partial charge in [0.1, 0.15) is 11.5 Å². The van der Waals surface area contributed by atoms with Gasteiger partial charge in [0.15, 0.2) is 11.5 Å². The molecule has 0 radical (unpaired) electrons. The smallest absolute Gasteiger partial charge is 0.181 e. The molecule has 0 bridgehead atoms. The normalized spacial score (nSPS) is 11.6. The summed E-state index contributed by atoms with van der Waals surface area (Å²) in [5, 5.41) is 17.1. The molecule has 0 unspecified atom stereocenters. The summed E-state index contributed by atoms with van der Waals surface area (Å²) >= 11 is 3.10. The van der Waals surface area contributed by atoms with Crippen LogP contribution >= 0.6 is 15.9 Å². The molecule has 3 rings (SSSR count). The third kappa shape index (κ3) is 4.28. The van der Waals surface area contributed by atoms with Crippen molar-refractivity contribution in [1.82, 2.24) is 15.8 Å². The number of aryl methyl sites for hydroxylation is 2. The molecule has 6 nitrogen and oxygen atoms in total. The zero-order chi connectivity index (χ0) is 17.6. The van der Waals surface area contributed by atoms with Crippen LogP contribution in [-0.4, -0.2) is 21.4 Å². The molecule has 1 aromatic heterocycles. The number of benzene rings is 2. The van der Waals surface area contributed by atoms with E-state index in [0.29, 0.717) is 23.5 Å². The second-order valence-corrected chi connectivity index (χ2v) is 6.07. The van der Waals surface area contributed by atoms with Crippen molar-refractivity contribution in [3.05, 3.63) is 75.8 Å². The molecule has 25 heavy (non-hydrogen) atoms. The zero-order valence-electron chi connectivity index (χ0n) is 13.0. The maximum Gasteiger partial charge on any atom is 0.181 e. The summed E-state index contributed by atoms with van der Waals surface area (Å²) in [4.78, 5) is 4.23. The summed E-state index contributed by atoms with van der Waals surface area (Å²) in [6.07, 6.45) is 1.31. The van der Waals surface area contributed by atoms with Gasteiger partial charge in [-0.3, -0.25) is 10.7 Å². The van der Waals surface area contributed by atoms with Gasteiger partial charge in [-0.05, 0) is 57.7 Å². The standard InChI is InChI=1S/C17H14BrFN4O2/c18-13-10-12(7-8-14(13)19)20-17(21-24)16-15(22-25-23-16)9-6-11-4-2-1-3-5-11/h1-5,7-8,10,24H,6,9H2,(H,20,21). The van der Waals surface area contributed by atoms with Gasteiger partial charge >= 0.3 is 0 Å². The van der Waals surface area contributed by atoms with Gasteiger partial charge in [0.2, 0.25) is 0 Å². The summed E-state index contributed by atoms with van der Waals surface area (Å²) < 4.78 is 18.4. The van der Waals surface area contributed by atoms with Crippen molar-refractivity contribution < 1.29 is 14.2 Å². The minimum absolute atomic E-state index is 0.0721. The van der Waals surface area contributed by atoms with Crippen molar-refractivity contribution in [2.24, 2.45) is 4.99 Å². The van der Waals surface area contributed by atoms with Gasteiger partial charge in [0.25, 0.3) is 0 Å². The Bertz CT molecular complexity index is 883. The second kappa shape index (κ2) is 8.00. The van der Waals surface area contributed by atoms with Gasteiger partial charge in [-0.2, -0.15) is 0 Å². The first kappa shape index (κ1) is 17.2. The third-order valence-corrected chi connectivity index (χ3v) is 4.13. The molecule has 0 fully saturated rings. The molecule has 1 heterocycles. The highest BCUT2D eigenvalue weighted by Crippen LogP contribution is 2.23. The van der Waals surface area contributed by atoms with Gasteiger partial charge in [0, 0.05) is 0 Å². The molecule has 0 saturated heterocycles. The van der Waals surface area contributed by atoms with Crippen LogP contribution < -0.4 is 5.48 Å². The Morgan fingerprint density at radius 2 is 1.96 bits per heavy atom. The summed E-state index contributed by atoms with van der Waals surface area (Å²) in [6.45, 7) is 0. The third-order valence-electron chi connectivity index (χ3n) is 3.52. The van der Waals surface area contributed by atoms with Crippen LogP contribution in [0, 0.1) is 5.82 Å². The molecular weight excluding hydrogens is 391 g/mol. The van der Waals surface area contributed by atoms with Crippen LogP contribution in [0.15, 0.2) is 62.6 Å².